The molecule has 0 aliphatic heterocycles. The Morgan fingerprint density at radius 1 is 1.37 bits per heavy atom. The third kappa shape index (κ3) is 2.73. The molecular weight excluding hydrogens is 236 g/mol. The van der Waals surface area contributed by atoms with E-state index >= 15 is 0 Å². The lowest BCUT2D eigenvalue weighted by molar-refractivity contribution is -0.134. The lowest BCUT2D eigenvalue weighted by Gasteiger charge is -2.45. The van der Waals surface area contributed by atoms with Crippen LogP contribution in [-0.2, 0) is 9.53 Å². The zero-order chi connectivity index (χ0) is 14.0. The van der Waals surface area contributed by atoms with Gasteiger partial charge in [0.05, 0.1) is 7.11 Å². The van der Waals surface area contributed by atoms with Crippen molar-refractivity contribution in [3.8, 4) is 0 Å². The number of hydrogen-bond acceptors (Lipinski definition) is 2. The topological polar surface area (TPSA) is 26.3 Å². The van der Waals surface area contributed by atoms with Gasteiger partial charge in [-0.1, -0.05) is 39.7 Å². The lowest BCUT2D eigenvalue weighted by atomic mass is 9.60. The number of carbonyl (C=O) groups excluding carboxylic acids is 1. The number of esters is 1. The average Bonchev–Trinajstić information content (AvgIpc) is 2.74. The average molecular weight is 264 g/mol. The predicted molar refractivity (Wildman–Crippen MR) is 77.7 cm³/mol. The highest BCUT2D eigenvalue weighted by molar-refractivity contribution is 5.81. The fourth-order valence-corrected chi connectivity index (χ4v) is 4.90. The predicted octanol–water partition coefficient (Wildman–Crippen LogP) is 4.20. The summed E-state index contributed by atoms with van der Waals surface area (Å²) in [5.41, 5.74) is 0.484. The van der Waals surface area contributed by atoms with Gasteiger partial charge in [0.15, 0.2) is 0 Å². The van der Waals surface area contributed by atoms with Crippen molar-refractivity contribution in [2.24, 2.45) is 29.1 Å². The van der Waals surface area contributed by atoms with Gasteiger partial charge in [-0.3, -0.25) is 0 Å². The van der Waals surface area contributed by atoms with Crippen LogP contribution in [-0.4, -0.2) is 13.1 Å². The molecule has 2 nitrogen and oxygen atoms in total. The second-order valence-electron chi connectivity index (χ2n) is 6.91. The number of allylic oxidation sites excluding steroid dienone is 1. The Bertz CT molecular complexity index is 360. The van der Waals surface area contributed by atoms with Crippen LogP contribution in [0, 0.1) is 29.1 Å². The molecule has 0 aromatic carbocycles. The van der Waals surface area contributed by atoms with Gasteiger partial charge in [0, 0.05) is 6.08 Å². The summed E-state index contributed by atoms with van der Waals surface area (Å²) in [5, 5.41) is 0. The normalized spacial score (nSPS) is 40.1. The monoisotopic (exact) mass is 264 g/mol. The van der Waals surface area contributed by atoms with Crippen molar-refractivity contribution in [3.63, 3.8) is 0 Å². The second-order valence-corrected chi connectivity index (χ2v) is 6.91. The van der Waals surface area contributed by atoms with Crippen molar-refractivity contribution in [2.45, 2.75) is 52.9 Å². The first-order valence-corrected chi connectivity index (χ1v) is 7.75. The maximum Gasteiger partial charge on any atom is 0.330 e. The molecule has 0 aromatic rings. The van der Waals surface area contributed by atoms with Gasteiger partial charge in [0.2, 0.25) is 0 Å². The molecule has 108 valence electrons. The van der Waals surface area contributed by atoms with Crippen molar-refractivity contribution in [2.75, 3.05) is 7.11 Å². The SMILES string of the molecule is COC(=O)/C=C/C(C)C1CCC2C(C)CCCC12C. The molecule has 0 saturated heterocycles. The van der Waals surface area contributed by atoms with Crippen molar-refractivity contribution >= 4 is 5.97 Å². The van der Waals surface area contributed by atoms with E-state index in [2.05, 4.69) is 31.6 Å². The molecular formula is C17H28O2. The largest absolute Gasteiger partial charge is 0.466 e. The zero-order valence-electron chi connectivity index (χ0n) is 12.8. The van der Waals surface area contributed by atoms with Gasteiger partial charge < -0.3 is 4.74 Å². The summed E-state index contributed by atoms with van der Waals surface area (Å²) in [5.74, 6) is 2.73. The standard InChI is InChI=1S/C17H28O2/c1-12-6-5-11-17(3)14(12)8-9-15(17)13(2)7-10-16(18)19-4/h7,10,12-15H,5-6,8-9,11H2,1-4H3/b10-7+. The molecule has 19 heavy (non-hydrogen) atoms. The van der Waals surface area contributed by atoms with E-state index in [1.807, 2.05) is 0 Å². The number of rotatable bonds is 3. The van der Waals surface area contributed by atoms with E-state index < -0.39 is 0 Å². The minimum atomic E-state index is -0.233. The summed E-state index contributed by atoms with van der Waals surface area (Å²) in [6.07, 6.45) is 10.5. The molecule has 0 spiro atoms. The fraction of sp³-hybridized carbons (Fsp3) is 0.824. The van der Waals surface area contributed by atoms with E-state index in [1.165, 1.54) is 39.2 Å². The highest BCUT2D eigenvalue weighted by Crippen LogP contribution is 2.59. The van der Waals surface area contributed by atoms with E-state index in [0.29, 0.717) is 11.3 Å². The number of fused-ring (bicyclic) bond motifs is 1. The number of ether oxygens (including phenoxy) is 1. The van der Waals surface area contributed by atoms with Crippen LogP contribution in [0.1, 0.15) is 52.9 Å². The first-order chi connectivity index (χ1) is 8.99. The van der Waals surface area contributed by atoms with E-state index in [4.69, 9.17) is 0 Å². The molecule has 0 N–H and O–H groups in total. The first kappa shape index (κ1) is 14.6. The van der Waals surface area contributed by atoms with Gasteiger partial charge in [0.25, 0.3) is 0 Å². The first-order valence-electron chi connectivity index (χ1n) is 7.75. The molecule has 2 fully saturated rings. The molecule has 5 atom stereocenters. The van der Waals surface area contributed by atoms with E-state index in [-0.39, 0.29) is 5.97 Å². The minimum Gasteiger partial charge on any atom is -0.466 e. The summed E-state index contributed by atoms with van der Waals surface area (Å²) in [6, 6.07) is 0. The van der Waals surface area contributed by atoms with Crippen LogP contribution in [0.3, 0.4) is 0 Å². The Morgan fingerprint density at radius 3 is 2.79 bits per heavy atom. The summed E-state index contributed by atoms with van der Waals surface area (Å²) in [6.45, 7) is 7.18. The summed E-state index contributed by atoms with van der Waals surface area (Å²) in [4.78, 5) is 11.2. The Balaban J connectivity index is 2.08. The molecule has 2 saturated carbocycles. The third-order valence-corrected chi connectivity index (χ3v) is 5.92. The van der Waals surface area contributed by atoms with E-state index in [9.17, 15) is 4.79 Å². The molecule has 0 radical (unpaired) electrons. The molecule has 2 aliphatic rings. The van der Waals surface area contributed by atoms with Crippen LogP contribution in [0.25, 0.3) is 0 Å². The Morgan fingerprint density at radius 2 is 2.11 bits per heavy atom. The summed E-state index contributed by atoms with van der Waals surface area (Å²) >= 11 is 0. The van der Waals surface area contributed by atoms with Crippen molar-refractivity contribution in [1.82, 2.24) is 0 Å². The van der Waals surface area contributed by atoms with Crippen LogP contribution in [0.2, 0.25) is 0 Å². The molecule has 5 unspecified atom stereocenters. The van der Waals surface area contributed by atoms with Gasteiger partial charge in [-0.05, 0) is 48.3 Å². The third-order valence-electron chi connectivity index (χ3n) is 5.92. The molecule has 2 heteroatoms. The van der Waals surface area contributed by atoms with Gasteiger partial charge in [-0.25, -0.2) is 4.79 Å². The smallest absolute Gasteiger partial charge is 0.330 e. The number of methoxy groups -OCH3 is 1. The molecule has 0 bridgehead atoms. The Kier molecular flexibility index (Phi) is 4.37. The molecule has 0 heterocycles. The maximum absolute atomic E-state index is 11.2. The highest BCUT2D eigenvalue weighted by atomic mass is 16.5. The van der Waals surface area contributed by atoms with Crippen LogP contribution in [0.15, 0.2) is 12.2 Å². The zero-order valence-corrected chi connectivity index (χ0v) is 12.8. The van der Waals surface area contributed by atoms with Gasteiger partial charge in [-0.15, -0.1) is 0 Å². The molecule has 2 aliphatic carbocycles. The van der Waals surface area contributed by atoms with Crippen molar-refractivity contribution in [1.29, 1.82) is 0 Å². The van der Waals surface area contributed by atoms with Crippen LogP contribution in [0.5, 0.6) is 0 Å². The summed E-state index contributed by atoms with van der Waals surface area (Å²) in [7, 11) is 1.44. The number of hydrogen-bond donors (Lipinski definition) is 0. The second kappa shape index (κ2) is 5.68. The van der Waals surface area contributed by atoms with Crippen molar-refractivity contribution in [3.05, 3.63) is 12.2 Å². The van der Waals surface area contributed by atoms with Crippen LogP contribution >= 0.6 is 0 Å². The minimum absolute atomic E-state index is 0.233. The Hall–Kier alpha value is -0.790. The molecule has 2 rings (SSSR count). The van der Waals surface area contributed by atoms with Gasteiger partial charge >= 0.3 is 5.97 Å². The maximum atomic E-state index is 11.2. The Labute approximate surface area is 117 Å². The van der Waals surface area contributed by atoms with Crippen LogP contribution < -0.4 is 0 Å². The lowest BCUT2D eigenvalue weighted by Crippen LogP contribution is -2.37. The van der Waals surface area contributed by atoms with E-state index in [0.717, 1.165) is 17.8 Å². The van der Waals surface area contributed by atoms with E-state index in [1.54, 1.807) is 6.08 Å². The molecule has 0 amide bonds. The van der Waals surface area contributed by atoms with Crippen molar-refractivity contribution < 1.29 is 9.53 Å². The highest BCUT2D eigenvalue weighted by Gasteiger charge is 2.50. The van der Waals surface area contributed by atoms with Gasteiger partial charge in [0.1, 0.15) is 0 Å². The van der Waals surface area contributed by atoms with Crippen LogP contribution in [0.4, 0.5) is 0 Å². The molecule has 0 aromatic heterocycles. The fourth-order valence-electron chi connectivity index (χ4n) is 4.90. The van der Waals surface area contributed by atoms with Gasteiger partial charge in [-0.2, -0.15) is 0 Å². The summed E-state index contributed by atoms with van der Waals surface area (Å²) < 4.78 is 4.69. The number of carbonyl (C=O) groups is 1. The quantitative estimate of drug-likeness (QED) is 0.564.